The first-order chi connectivity index (χ1) is 15.3. The van der Waals surface area contributed by atoms with Crippen molar-refractivity contribution in [2.45, 2.75) is 13.8 Å². The molecule has 168 valence electrons. The molecule has 2 aromatic carbocycles. The first-order valence-electron chi connectivity index (χ1n) is 10.9. The van der Waals surface area contributed by atoms with Crippen LogP contribution in [-0.4, -0.2) is 61.4 Å². The summed E-state index contributed by atoms with van der Waals surface area (Å²) in [4.78, 5) is 32.4. The molecule has 0 aromatic heterocycles. The number of carbonyl (C=O) groups excluding carboxylic acids is 2. The zero-order valence-corrected chi connectivity index (χ0v) is 18.7. The van der Waals surface area contributed by atoms with Crippen LogP contribution in [0, 0.1) is 11.7 Å². The lowest BCUT2D eigenvalue weighted by Gasteiger charge is -2.34. The van der Waals surface area contributed by atoms with Crippen LogP contribution in [0.15, 0.2) is 54.2 Å². The average molecular weight is 438 g/mol. The molecule has 4 rings (SSSR count). The molecule has 0 aliphatic carbocycles. The molecule has 32 heavy (non-hydrogen) atoms. The van der Waals surface area contributed by atoms with Gasteiger partial charge in [0.25, 0.3) is 11.8 Å². The second kappa shape index (κ2) is 9.12. The molecule has 0 N–H and O–H groups in total. The van der Waals surface area contributed by atoms with Gasteiger partial charge >= 0.3 is 0 Å². The number of halogens is 1. The quantitative estimate of drug-likeness (QED) is 0.649. The Morgan fingerprint density at radius 1 is 0.906 bits per heavy atom. The van der Waals surface area contributed by atoms with E-state index in [0.29, 0.717) is 53.9 Å². The molecule has 2 amide bonds. The van der Waals surface area contributed by atoms with Crippen LogP contribution in [0.4, 0.5) is 10.1 Å². The van der Waals surface area contributed by atoms with Gasteiger partial charge in [0.15, 0.2) is 0 Å². The van der Waals surface area contributed by atoms with Crippen molar-refractivity contribution in [2.24, 2.45) is 5.92 Å². The summed E-state index contributed by atoms with van der Waals surface area (Å²) in [7, 11) is 2.03. The van der Waals surface area contributed by atoms with Crippen LogP contribution >= 0.6 is 0 Å². The van der Waals surface area contributed by atoms with Gasteiger partial charge in [0.05, 0.1) is 17.9 Å². The van der Waals surface area contributed by atoms with Crippen molar-refractivity contribution in [1.29, 1.82) is 0 Å². The van der Waals surface area contributed by atoms with Crippen LogP contribution in [0.3, 0.4) is 0 Å². The number of carbonyl (C=O) groups is 2. The van der Waals surface area contributed by atoms with Crippen molar-refractivity contribution in [3.8, 4) is 5.75 Å². The molecule has 1 saturated heterocycles. The minimum Gasteiger partial charge on any atom is -0.493 e. The molecule has 2 aliphatic rings. The predicted octanol–water partition coefficient (Wildman–Crippen LogP) is 3.39. The van der Waals surface area contributed by atoms with E-state index in [1.54, 1.807) is 36.4 Å². The lowest BCUT2D eigenvalue weighted by molar-refractivity contribution is -0.120. The molecule has 0 spiro atoms. The minimum atomic E-state index is -0.397. The Bertz CT molecular complexity index is 1020. The summed E-state index contributed by atoms with van der Waals surface area (Å²) in [6.45, 7) is 7.60. The highest BCUT2D eigenvalue weighted by Crippen LogP contribution is 2.35. The van der Waals surface area contributed by atoms with E-state index in [-0.39, 0.29) is 11.7 Å². The maximum absolute atomic E-state index is 13.5. The number of rotatable bonds is 6. The van der Waals surface area contributed by atoms with Gasteiger partial charge in [0.1, 0.15) is 17.3 Å². The van der Waals surface area contributed by atoms with E-state index in [0.717, 1.165) is 13.1 Å². The summed E-state index contributed by atoms with van der Waals surface area (Å²) in [6, 6.07) is 12.7. The zero-order valence-electron chi connectivity index (χ0n) is 18.7. The van der Waals surface area contributed by atoms with Crippen molar-refractivity contribution in [3.05, 3.63) is 65.6 Å². The maximum Gasteiger partial charge on any atom is 0.282 e. The summed E-state index contributed by atoms with van der Waals surface area (Å²) >= 11 is 0. The summed E-state index contributed by atoms with van der Waals surface area (Å²) in [5, 5.41) is 0. The van der Waals surface area contributed by atoms with Gasteiger partial charge in [-0.1, -0.05) is 26.0 Å². The number of nitrogens with zero attached hydrogens (tertiary/aromatic N) is 3. The predicted molar refractivity (Wildman–Crippen MR) is 122 cm³/mol. The minimum absolute atomic E-state index is 0.319. The van der Waals surface area contributed by atoms with Crippen LogP contribution < -0.4 is 9.64 Å². The van der Waals surface area contributed by atoms with E-state index in [1.807, 2.05) is 11.9 Å². The molecule has 6 nitrogen and oxygen atoms in total. The highest BCUT2D eigenvalue weighted by molar-refractivity contribution is 6.45. The Balaban J connectivity index is 1.68. The zero-order chi connectivity index (χ0) is 22.8. The van der Waals surface area contributed by atoms with Gasteiger partial charge in [0.2, 0.25) is 0 Å². The fourth-order valence-corrected chi connectivity index (χ4v) is 3.91. The highest BCUT2D eigenvalue weighted by Gasteiger charge is 2.42. The van der Waals surface area contributed by atoms with E-state index in [2.05, 4.69) is 18.7 Å². The van der Waals surface area contributed by atoms with E-state index >= 15 is 0 Å². The van der Waals surface area contributed by atoms with E-state index in [1.165, 1.54) is 17.0 Å². The molecule has 2 heterocycles. The number of amides is 2. The molecule has 1 fully saturated rings. The number of piperazine rings is 1. The molecule has 2 aliphatic heterocycles. The van der Waals surface area contributed by atoms with Gasteiger partial charge in [-0.05, 0) is 54.9 Å². The summed E-state index contributed by atoms with van der Waals surface area (Å²) in [6.07, 6.45) is 0. The van der Waals surface area contributed by atoms with E-state index in [4.69, 9.17) is 4.74 Å². The first kappa shape index (κ1) is 22.0. The van der Waals surface area contributed by atoms with Crippen LogP contribution in [0.2, 0.25) is 0 Å². The number of ether oxygens (including phenoxy) is 1. The van der Waals surface area contributed by atoms with E-state index < -0.39 is 5.91 Å². The van der Waals surface area contributed by atoms with Crippen molar-refractivity contribution < 1.29 is 18.7 Å². The number of hydrogen-bond acceptors (Lipinski definition) is 5. The van der Waals surface area contributed by atoms with Gasteiger partial charge in [0, 0.05) is 26.2 Å². The third-order valence-corrected chi connectivity index (χ3v) is 5.69. The van der Waals surface area contributed by atoms with Gasteiger partial charge in [-0.3, -0.25) is 9.59 Å². The summed E-state index contributed by atoms with van der Waals surface area (Å²) < 4.78 is 19.2. The van der Waals surface area contributed by atoms with Crippen molar-refractivity contribution >= 4 is 23.1 Å². The Morgan fingerprint density at radius 2 is 1.53 bits per heavy atom. The Hall–Kier alpha value is -3.19. The van der Waals surface area contributed by atoms with Gasteiger partial charge in [-0.15, -0.1) is 0 Å². The fraction of sp³-hybridized carbons (Fsp3) is 0.360. The van der Waals surface area contributed by atoms with Crippen molar-refractivity contribution in [1.82, 2.24) is 9.80 Å². The van der Waals surface area contributed by atoms with Gasteiger partial charge in [-0.2, -0.15) is 0 Å². The molecule has 0 atom stereocenters. The van der Waals surface area contributed by atoms with Gasteiger partial charge < -0.3 is 14.5 Å². The highest BCUT2D eigenvalue weighted by atomic mass is 19.1. The number of imide groups is 1. The van der Waals surface area contributed by atoms with E-state index in [9.17, 15) is 14.0 Å². The fourth-order valence-electron chi connectivity index (χ4n) is 3.91. The number of likely N-dealkylation sites (N-methyl/N-ethyl adjacent to an activating group) is 1. The molecule has 0 unspecified atom stereocenters. The molecule has 2 aromatic rings. The maximum atomic E-state index is 13.5. The molecule has 7 heteroatoms. The second-order valence-electron chi connectivity index (χ2n) is 8.67. The SMILES string of the molecule is CC(C)COc1ccc(N2C(=O)C(c3ccc(F)cc3)=C(N3CCN(C)CC3)C2=O)cc1. The van der Waals surface area contributed by atoms with Crippen molar-refractivity contribution in [3.63, 3.8) is 0 Å². The third kappa shape index (κ3) is 4.39. The lowest BCUT2D eigenvalue weighted by atomic mass is 10.0. The topological polar surface area (TPSA) is 53.1 Å². The lowest BCUT2D eigenvalue weighted by Crippen LogP contribution is -2.46. The Kier molecular flexibility index (Phi) is 6.28. The smallest absolute Gasteiger partial charge is 0.282 e. The standard InChI is InChI=1S/C25H28FN3O3/c1-17(2)16-32-21-10-8-20(9-11-21)29-24(30)22(18-4-6-19(26)7-5-18)23(25(29)31)28-14-12-27(3)13-15-28/h4-11,17H,12-16H2,1-3H3. The Morgan fingerprint density at radius 3 is 2.12 bits per heavy atom. The third-order valence-electron chi connectivity index (χ3n) is 5.69. The van der Waals surface area contributed by atoms with Gasteiger partial charge in [-0.25, -0.2) is 9.29 Å². The van der Waals surface area contributed by atoms with Crippen LogP contribution in [0.1, 0.15) is 19.4 Å². The van der Waals surface area contributed by atoms with Crippen LogP contribution in [0.5, 0.6) is 5.75 Å². The number of hydrogen-bond donors (Lipinski definition) is 0. The second-order valence-corrected chi connectivity index (χ2v) is 8.67. The molecular formula is C25H28FN3O3. The van der Waals surface area contributed by atoms with Crippen LogP contribution in [0.25, 0.3) is 5.57 Å². The molecule has 0 saturated carbocycles. The molecule has 0 bridgehead atoms. The average Bonchev–Trinajstić information content (AvgIpc) is 3.04. The number of anilines is 1. The normalized spacial score (nSPS) is 17.7. The molecular weight excluding hydrogens is 409 g/mol. The monoisotopic (exact) mass is 437 g/mol. The first-order valence-corrected chi connectivity index (χ1v) is 10.9. The number of benzene rings is 2. The molecule has 0 radical (unpaired) electrons. The summed E-state index contributed by atoms with van der Waals surface area (Å²) in [5.74, 6) is -0.0557. The summed E-state index contributed by atoms with van der Waals surface area (Å²) in [5.41, 5.74) is 1.73. The largest absolute Gasteiger partial charge is 0.493 e. The van der Waals surface area contributed by atoms with Crippen LogP contribution in [-0.2, 0) is 9.59 Å². The Labute approximate surface area is 187 Å². The van der Waals surface area contributed by atoms with Crippen molar-refractivity contribution in [2.75, 3.05) is 44.7 Å².